The van der Waals surface area contributed by atoms with E-state index in [2.05, 4.69) is 15.6 Å². The van der Waals surface area contributed by atoms with Crippen molar-refractivity contribution in [3.63, 3.8) is 0 Å². The molecule has 1 aliphatic carbocycles. The fraction of sp³-hybridized carbons (Fsp3) is 0.479. The number of alkyl carbamates (subject to hydrolysis) is 1. The molecule has 3 amide bonds. The Hall–Kier alpha value is -6.25. The Labute approximate surface area is 370 Å². The average molecular weight is 871 g/mol. The number of carbonyl (C=O) groups is 6. The van der Waals surface area contributed by atoms with Crippen LogP contribution in [0.3, 0.4) is 0 Å². The van der Waals surface area contributed by atoms with Crippen LogP contribution in [0.1, 0.15) is 146 Å². The average Bonchev–Trinajstić information content (AvgIpc) is 3.12. The Bertz CT molecular complexity index is 2190. The van der Waals surface area contributed by atoms with Crippen molar-refractivity contribution in [1.29, 1.82) is 0 Å². The lowest BCUT2D eigenvalue weighted by atomic mass is 9.80. The van der Waals surface area contributed by atoms with Gasteiger partial charge < -0.3 is 33.9 Å². The van der Waals surface area contributed by atoms with Crippen LogP contribution in [0.15, 0.2) is 71.7 Å². The Morgan fingerprint density at radius 3 is 1.95 bits per heavy atom. The Morgan fingerprint density at radius 1 is 0.698 bits per heavy atom. The van der Waals surface area contributed by atoms with E-state index in [0.29, 0.717) is 22.6 Å². The smallest absolute Gasteiger partial charge is 0.437 e. The van der Waals surface area contributed by atoms with Crippen molar-refractivity contribution in [3.8, 4) is 5.75 Å². The van der Waals surface area contributed by atoms with E-state index in [0.717, 1.165) is 30.4 Å². The van der Waals surface area contributed by atoms with Crippen LogP contribution in [0.2, 0.25) is 0 Å². The number of rotatable bonds is 10. The summed E-state index contributed by atoms with van der Waals surface area (Å²) in [5.41, 5.74) is 0.441. The van der Waals surface area contributed by atoms with Gasteiger partial charge in [0, 0.05) is 18.7 Å². The standard InChI is InChI=1S/C48H62N4O11/c1-45(2,3)60-39(54)29-52(28-30-15-13-18-34(25-30)41(56)61-46(4,5)6)38(53)27-33-17-14-16-32-26-36(23-24-37(32)33)59-40(55)31-19-21-35(22-20-31)49-42(50-43(57)62-47(7,8)9)51-44(58)63-48(10,11)12/h13,15,18-26,33H,14,16-17,27-29H2,1-12H3,(H2,49,50,51,57,58)/t33-/m1/s1. The molecule has 3 aromatic carbocycles. The Morgan fingerprint density at radius 2 is 1.33 bits per heavy atom. The molecule has 0 saturated heterocycles. The maximum atomic E-state index is 14.1. The fourth-order valence-corrected chi connectivity index (χ4v) is 6.48. The monoisotopic (exact) mass is 870 g/mol. The van der Waals surface area contributed by atoms with Gasteiger partial charge in [-0.2, -0.15) is 0 Å². The fourth-order valence-electron chi connectivity index (χ4n) is 6.48. The molecule has 0 radical (unpaired) electrons. The molecule has 15 heteroatoms. The van der Waals surface area contributed by atoms with Gasteiger partial charge in [0.25, 0.3) is 0 Å². The summed E-state index contributed by atoms with van der Waals surface area (Å²) >= 11 is 0. The molecule has 0 unspecified atom stereocenters. The zero-order chi connectivity index (χ0) is 46.9. The maximum absolute atomic E-state index is 14.1. The van der Waals surface area contributed by atoms with Crippen LogP contribution in [0, 0.1) is 0 Å². The summed E-state index contributed by atoms with van der Waals surface area (Å²) in [6.45, 7) is 20.6. The number of fused-ring (bicyclic) bond motifs is 1. The van der Waals surface area contributed by atoms with Gasteiger partial charge >= 0.3 is 30.1 Å². The van der Waals surface area contributed by atoms with Crippen LogP contribution < -0.4 is 15.4 Å². The number of esters is 3. The number of carbonyl (C=O) groups excluding carboxylic acids is 6. The van der Waals surface area contributed by atoms with Crippen molar-refractivity contribution in [3.05, 3.63) is 94.5 Å². The van der Waals surface area contributed by atoms with Crippen LogP contribution in [0.4, 0.5) is 15.3 Å². The topological polar surface area (TPSA) is 188 Å². The van der Waals surface area contributed by atoms with Gasteiger partial charge in [-0.05, 0) is 173 Å². The van der Waals surface area contributed by atoms with E-state index in [-0.39, 0.29) is 42.9 Å². The predicted octanol–water partition coefficient (Wildman–Crippen LogP) is 9.27. The molecule has 0 heterocycles. The summed E-state index contributed by atoms with van der Waals surface area (Å²) in [7, 11) is 0. The van der Waals surface area contributed by atoms with Gasteiger partial charge in [0.1, 0.15) is 34.7 Å². The molecule has 1 aliphatic rings. The van der Waals surface area contributed by atoms with Gasteiger partial charge in [-0.15, -0.1) is 4.99 Å². The van der Waals surface area contributed by atoms with E-state index < -0.39 is 52.5 Å². The summed E-state index contributed by atoms with van der Waals surface area (Å²) in [5, 5.41) is 5.27. The zero-order valence-corrected chi connectivity index (χ0v) is 38.6. The zero-order valence-electron chi connectivity index (χ0n) is 38.6. The van der Waals surface area contributed by atoms with Crippen molar-refractivity contribution >= 4 is 47.6 Å². The molecule has 0 saturated carbocycles. The minimum Gasteiger partial charge on any atom is -0.459 e. The van der Waals surface area contributed by atoms with Crippen LogP contribution >= 0.6 is 0 Å². The number of aliphatic imine (C=N–C) groups is 1. The van der Waals surface area contributed by atoms with E-state index in [9.17, 15) is 28.8 Å². The minimum atomic E-state index is -0.941. The van der Waals surface area contributed by atoms with Gasteiger partial charge in [0.2, 0.25) is 11.9 Å². The summed E-state index contributed by atoms with van der Waals surface area (Å²) < 4.78 is 27.4. The quantitative estimate of drug-likeness (QED) is 0.0647. The largest absolute Gasteiger partial charge is 0.459 e. The van der Waals surface area contributed by atoms with Crippen molar-refractivity contribution in [2.45, 2.75) is 144 Å². The van der Waals surface area contributed by atoms with Crippen molar-refractivity contribution in [2.75, 3.05) is 11.9 Å². The first kappa shape index (κ1) is 49.4. The first-order valence-corrected chi connectivity index (χ1v) is 21.0. The number of benzene rings is 3. The SMILES string of the molecule is CC(C)(C)OC(=O)CN(Cc1cccc(C(=O)OC(C)(C)C)c1)C(=O)C[C@H]1CCCc2cc(OC(=O)c3ccc(NC(=NC(=O)OC(C)(C)C)NC(=O)OC(C)(C)C)cc3)ccc21. The molecule has 0 aromatic heterocycles. The highest BCUT2D eigenvalue weighted by Gasteiger charge is 2.29. The molecule has 0 bridgehead atoms. The first-order valence-electron chi connectivity index (χ1n) is 21.0. The summed E-state index contributed by atoms with van der Waals surface area (Å²) in [5.74, 6) is -1.98. The lowest BCUT2D eigenvalue weighted by Crippen LogP contribution is -2.40. The van der Waals surface area contributed by atoms with Crippen LogP contribution in [0.25, 0.3) is 0 Å². The molecular weight excluding hydrogens is 809 g/mol. The second-order valence-corrected chi connectivity index (χ2v) is 19.4. The van der Waals surface area contributed by atoms with E-state index >= 15 is 0 Å². The van der Waals surface area contributed by atoms with Crippen LogP contribution in [-0.2, 0) is 41.5 Å². The van der Waals surface area contributed by atoms with Gasteiger partial charge in [-0.3, -0.25) is 14.9 Å². The number of aryl methyl sites for hydroxylation is 1. The van der Waals surface area contributed by atoms with Gasteiger partial charge in [0.15, 0.2) is 0 Å². The highest BCUT2D eigenvalue weighted by molar-refractivity contribution is 6.06. The highest BCUT2D eigenvalue weighted by atomic mass is 16.6. The summed E-state index contributed by atoms with van der Waals surface area (Å²) in [6, 6.07) is 18.3. The van der Waals surface area contributed by atoms with E-state index in [1.54, 1.807) is 126 Å². The van der Waals surface area contributed by atoms with E-state index in [1.807, 2.05) is 12.1 Å². The minimum absolute atomic E-state index is 0.0734. The Kier molecular flexibility index (Phi) is 15.9. The van der Waals surface area contributed by atoms with Crippen molar-refractivity contribution in [1.82, 2.24) is 10.2 Å². The number of hydrogen-bond acceptors (Lipinski definition) is 11. The summed E-state index contributed by atoms with van der Waals surface area (Å²) in [6.07, 6.45) is 0.588. The van der Waals surface area contributed by atoms with Crippen molar-refractivity contribution in [2.24, 2.45) is 4.99 Å². The third-order valence-corrected chi connectivity index (χ3v) is 8.81. The molecule has 3 aromatic rings. The van der Waals surface area contributed by atoms with Gasteiger partial charge in [-0.1, -0.05) is 18.2 Å². The van der Waals surface area contributed by atoms with Crippen molar-refractivity contribution < 1.29 is 52.5 Å². The molecule has 2 N–H and O–H groups in total. The number of nitrogens with zero attached hydrogens (tertiary/aromatic N) is 2. The second kappa shape index (κ2) is 20.3. The number of guanidine groups is 1. The lowest BCUT2D eigenvalue weighted by Gasteiger charge is -2.29. The van der Waals surface area contributed by atoms with Gasteiger partial charge in [0.05, 0.1) is 11.1 Å². The van der Waals surface area contributed by atoms with Gasteiger partial charge in [-0.25, -0.2) is 19.2 Å². The molecule has 63 heavy (non-hydrogen) atoms. The number of nitrogens with one attached hydrogen (secondary N) is 2. The number of hydrogen-bond donors (Lipinski definition) is 2. The van der Waals surface area contributed by atoms with Crippen LogP contribution in [-0.4, -0.2) is 75.8 Å². The summed E-state index contributed by atoms with van der Waals surface area (Å²) in [4.78, 5) is 83.5. The van der Waals surface area contributed by atoms with E-state index in [4.69, 9.17) is 23.7 Å². The molecule has 0 aliphatic heterocycles. The molecule has 0 fully saturated rings. The second-order valence-electron chi connectivity index (χ2n) is 19.4. The Balaban J connectivity index is 1.47. The third kappa shape index (κ3) is 17.2. The van der Waals surface area contributed by atoms with Crippen LogP contribution in [0.5, 0.6) is 5.75 Å². The highest BCUT2D eigenvalue weighted by Crippen LogP contribution is 2.37. The molecular formula is C48H62N4O11. The molecule has 0 spiro atoms. The predicted molar refractivity (Wildman–Crippen MR) is 238 cm³/mol. The molecule has 15 nitrogen and oxygen atoms in total. The number of amides is 3. The van der Waals surface area contributed by atoms with E-state index in [1.165, 1.54) is 17.0 Å². The molecule has 1 atom stereocenters. The normalized spacial score (nSPS) is 14.3. The molecule has 4 rings (SSSR count). The lowest BCUT2D eigenvalue weighted by molar-refractivity contribution is -0.159. The number of ether oxygens (including phenoxy) is 5. The maximum Gasteiger partial charge on any atom is 0.437 e. The third-order valence-electron chi connectivity index (χ3n) is 8.81. The molecule has 340 valence electrons. The first-order chi connectivity index (χ1) is 29.1. The number of anilines is 1.